The van der Waals surface area contributed by atoms with E-state index in [2.05, 4.69) is 26.0 Å². The maximum absolute atomic E-state index is 13.1. The van der Waals surface area contributed by atoms with E-state index in [-0.39, 0.29) is 5.91 Å². The molecule has 3 nitrogen and oxygen atoms in total. The number of aromatic nitrogens is 1. The molecule has 0 saturated heterocycles. The van der Waals surface area contributed by atoms with Gasteiger partial charge in [-0.25, -0.2) is 4.98 Å². The van der Waals surface area contributed by atoms with E-state index in [9.17, 15) is 4.79 Å². The van der Waals surface area contributed by atoms with Crippen molar-refractivity contribution in [2.24, 2.45) is 0 Å². The van der Waals surface area contributed by atoms with Gasteiger partial charge in [-0.3, -0.25) is 9.69 Å². The largest absolute Gasteiger partial charge is 0.283 e. The molecule has 0 aliphatic heterocycles. The summed E-state index contributed by atoms with van der Waals surface area (Å²) >= 11 is 3.21. The molecule has 0 unspecified atom stereocenters. The highest BCUT2D eigenvalue weighted by molar-refractivity contribution is 7.22. The molecule has 5 heteroatoms. The molecule has 0 N–H and O–H groups in total. The van der Waals surface area contributed by atoms with Crippen LogP contribution in [0.2, 0.25) is 0 Å². The van der Waals surface area contributed by atoms with Gasteiger partial charge >= 0.3 is 0 Å². The van der Waals surface area contributed by atoms with Gasteiger partial charge in [0.15, 0.2) is 5.13 Å². The zero-order chi connectivity index (χ0) is 18.8. The molecule has 2 aromatic heterocycles. The van der Waals surface area contributed by atoms with Crippen molar-refractivity contribution >= 4 is 43.9 Å². The first-order valence-corrected chi connectivity index (χ1v) is 10.5. The number of nitrogens with zero attached hydrogens (tertiary/aromatic N) is 2. The van der Waals surface area contributed by atoms with Crippen LogP contribution < -0.4 is 4.90 Å². The second-order valence-electron chi connectivity index (χ2n) is 6.65. The van der Waals surface area contributed by atoms with Crippen molar-refractivity contribution < 1.29 is 4.79 Å². The predicted molar refractivity (Wildman–Crippen MR) is 115 cm³/mol. The molecule has 0 aliphatic rings. The van der Waals surface area contributed by atoms with Crippen LogP contribution in [-0.2, 0) is 17.8 Å². The molecule has 0 spiro atoms. The Morgan fingerprint density at radius 2 is 1.89 bits per heavy atom. The van der Waals surface area contributed by atoms with Crippen molar-refractivity contribution in [2.45, 2.75) is 26.8 Å². The van der Waals surface area contributed by atoms with Gasteiger partial charge in [0.2, 0.25) is 5.91 Å². The van der Waals surface area contributed by atoms with Crippen LogP contribution in [-0.4, -0.2) is 10.9 Å². The van der Waals surface area contributed by atoms with Gasteiger partial charge in [-0.1, -0.05) is 53.8 Å². The minimum atomic E-state index is 0.0785. The highest BCUT2D eigenvalue weighted by atomic mass is 32.1. The molecular weight excluding hydrogens is 372 g/mol. The van der Waals surface area contributed by atoms with Gasteiger partial charge in [-0.2, -0.15) is 0 Å². The van der Waals surface area contributed by atoms with Crippen LogP contribution in [0.15, 0.2) is 60.0 Å². The van der Waals surface area contributed by atoms with Crippen LogP contribution in [0.25, 0.3) is 10.2 Å². The maximum atomic E-state index is 13.1. The van der Waals surface area contributed by atoms with Gasteiger partial charge in [0, 0.05) is 4.88 Å². The average molecular weight is 393 g/mol. The normalized spacial score (nSPS) is 11.0. The second kappa shape index (κ2) is 7.62. The van der Waals surface area contributed by atoms with Crippen molar-refractivity contribution in [3.63, 3.8) is 0 Å². The van der Waals surface area contributed by atoms with Gasteiger partial charge in [-0.15, -0.1) is 11.3 Å². The van der Waals surface area contributed by atoms with E-state index in [0.29, 0.717) is 13.0 Å². The molecule has 0 radical (unpaired) electrons. The summed E-state index contributed by atoms with van der Waals surface area (Å²) in [5.74, 6) is 0.0785. The first kappa shape index (κ1) is 17.9. The molecule has 0 atom stereocenters. The highest BCUT2D eigenvalue weighted by Crippen LogP contribution is 2.33. The Morgan fingerprint density at radius 3 is 2.63 bits per heavy atom. The Kier molecular flexibility index (Phi) is 5.05. The average Bonchev–Trinajstić information content (AvgIpc) is 3.30. The monoisotopic (exact) mass is 392 g/mol. The van der Waals surface area contributed by atoms with E-state index in [1.54, 1.807) is 22.7 Å². The fourth-order valence-corrected chi connectivity index (χ4v) is 4.89. The van der Waals surface area contributed by atoms with Crippen molar-refractivity contribution in [1.82, 2.24) is 4.98 Å². The number of benzene rings is 2. The minimum Gasteiger partial charge on any atom is -0.283 e. The molecule has 2 heterocycles. The standard InChI is InChI=1S/C22H20N2OS2/c1-15-11-16(2)21-19(12-15)23-22(27-21)24(14-17-7-4-3-5-8-17)20(25)13-18-9-6-10-26-18/h3-12H,13-14H2,1-2H3. The number of anilines is 1. The lowest BCUT2D eigenvalue weighted by Gasteiger charge is -2.19. The third-order valence-electron chi connectivity index (χ3n) is 4.43. The van der Waals surface area contributed by atoms with Crippen LogP contribution in [0.3, 0.4) is 0 Å². The Morgan fingerprint density at radius 1 is 1.07 bits per heavy atom. The first-order valence-electron chi connectivity index (χ1n) is 8.84. The lowest BCUT2D eigenvalue weighted by Crippen LogP contribution is -2.31. The lowest BCUT2D eigenvalue weighted by molar-refractivity contribution is -0.118. The van der Waals surface area contributed by atoms with Crippen molar-refractivity contribution in [3.05, 3.63) is 81.5 Å². The van der Waals surface area contributed by atoms with Gasteiger partial charge < -0.3 is 0 Å². The van der Waals surface area contributed by atoms with Gasteiger partial charge in [-0.05, 0) is 48.1 Å². The lowest BCUT2D eigenvalue weighted by atomic mass is 10.1. The summed E-state index contributed by atoms with van der Waals surface area (Å²) in [7, 11) is 0. The molecule has 0 fully saturated rings. The number of carbonyl (C=O) groups is 1. The van der Waals surface area contributed by atoms with E-state index in [4.69, 9.17) is 4.98 Å². The van der Waals surface area contributed by atoms with Crippen LogP contribution in [0.5, 0.6) is 0 Å². The number of rotatable bonds is 5. The molecule has 2 aromatic carbocycles. The zero-order valence-electron chi connectivity index (χ0n) is 15.3. The van der Waals surface area contributed by atoms with E-state index in [1.807, 2.05) is 52.7 Å². The van der Waals surface area contributed by atoms with Crippen LogP contribution in [0, 0.1) is 13.8 Å². The summed E-state index contributed by atoms with van der Waals surface area (Å²) in [4.78, 5) is 20.9. The van der Waals surface area contributed by atoms with Crippen molar-refractivity contribution in [3.8, 4) is 0 Å². The molecule has 4 rings (SSSR count). The Balaban J connectivity index is 1.72. The minimum absolute atomic E-state index is 0.0785. The number of aryl methyl sites for hydroxylation is 2. The Labute approximate surface area is 166 Å². The molecule has 27 heavy (non-hydrogen) atoms. The van der Waals surface area contributed by atoms with Gasteiger partial charge in [0.1, 0.15) is 0 Å². The Hall–Kier alpha value is -2.50. The smallest absolute Gasteiger partial charge is 0.234 e. The summed E-state index contributed by atoms with van der Waals surface area (Å²) in [6.45, 7) is 4.71. The number of amides is 1. The predicted octanol–water partition coefficient (Wildman–Crippen LogP) is 5.75. The highest BCUT2D eigenvalue weighted by Gasteiger charge is 2.21. The zero-order valence-corrected chi connectivity index (χ0v) is 16.9. The molecule has 136 valence electrons. The summed E-state index contributed by atoms with van der Waals surface area (Å²) in [6, 6.07) is 18.3. The molecule has 4 aromatic rings. The molecule has 1 amide bonds. The molecule has 0 saturated carbocycles. The van der Waals surface area contributed by atoms with Gasteiger partial charge in [0.05, 0.1) is 23.2 Å². The number of hydrogen-bond acceptors (Lipinski definition) is 4. The fraction of sp³-hybridized carbons (Fsp3) is 0.182. The van der Waals surface area contributed by atoms with E-state index < -0.39 is 0 Å². The molecule has 0 aliphatic carbocycles. The number of carbonyl (C=O) groups excluding carboxylic acids is 1. The second-order valence-corrected chi connectivity index (χ2v) is 8.66. The van der Waals surface area contributed by atoms with Crippen molar-refractivity contribution in [1.29, 1.82) is 0 Å². The summed E-state index contributed by atoms with van der Waals surface area (Å²) in [5.41, 5.74) is 4.47. The molecule has 0 bridgehead atoms. The third-order valence-corrected chi connectivity index (χ3v) is 6.54. The summed E-state index contributed by atoms with van der Waals surface area (Å²) < 4.78 is 1.15. The molecular formula is C22H20N2OS2. The number of thiophene rings is 1. The van der Waals surface area contributed by atoms with E-state index >= 15 is 0 Å². The van der Waals surface area contributed by atoms with Crippen molar-refractivity contribution in [2.75, 3.05) is 4.90 Å². The summed E-state index contributed by atoms with van der Waals surface area (Å²) in [6.07, 6.45) is 0.401. The topological polar surface area (TPSA) is 33.2 Å². The van der Waals surface area contributed by atoms with E-state index in [0.717, 1.165) is 25.8 Å². The van der Waals surface area contributed by atoms with Crippen LogP contribution >= 0.6 is 22.7 Å². The van der Waals surface area contributed by atoms with E-state index in [1.165, 1.54) is 11.1 Å². The van der Waals surface area contributed by atoms with Crippen LogP contribution in [0.1, 0.15) is 21.6 Å². The fourth-order valence-electron chi connectivity index (χ4n) is 3.17. The van der Waals surface area contributed by atoms with Gasteiger partial charge in [0.25, 0.3) is 0 Å². The number of thiazole rings is 1. The number of hydrogen-bond donors (Lipinski definition) is 0. The third kappa shape index (κ3) is 3.94. The number of fused-ring (bicyclic) bond motifs is 1. The Bertz CT molecular complexity index is 1070. The maximum Gasteiger partial charge on any atom is 0.234 e. The first-order chi connectivity index (χ1) is 13.1. The summed E-state index contributed by atoms with van der Waals surface area (Å²) in [5, 5.41) is 2.78. The quantitative estimate of drug-likeness (QED) is 0.433. The SMILES string of the molecule is Cc1cc(C)c2sc(N(Cc3ccccc3)C(=O)Cc3cccs3)nc2c1. The van der Waals surface area contributed by atoms with Crippen LogP contribution in [0.4, 0.5) is 5.13 Å².